The molecule has 0 aliphatic heterocycles. The van der Waals surface area contributed by atoms with Crippen molar-refractivity contribution in [2.24, 2.45) is 0 Å². The maximum Gasteiger partial charge on any atom is 0.325 e. The first kappa shape index (κ1) is 24.5. The number of fused-ring (bicyclic) bond motifs is 1. The van der Waals surface area contributed by atoms with Crippen molar-refractivity contribution in [1.29, 1.82) is 0 Å². The van der Waals surface area contributed by atoms with Gasteiger partial charge in [-0.15, -0.1) is 0 Å². The van der Waals surface area contributed by atoms with E-state index in [4.69, 9.17) is 26.4 Å². The molecule has 0 saturated carbocycles. The van der Waals surface area contributed by atoms with Gasteiger partial charge in [0.1, 0.15) is 11.6 Å². The van der Waals surface area contributed by atoms with Gasteiger partial charge in [0.25, 0.3) is 0 Å². The van der Waals surface area contributed by atoms with Gasteiger partial charge in [-0.2, -0.15) is 0 Å². The standard InChI is InChI=1S/C27H26ClN4O3P/c1-16-12-18(4-3-11-36(33,34)35)13-17(2)25(16)27-30-22-10-7-20(14-23(22)31-27)26-29-15-24(32-26)19-5-8-21(28)9-6-19/h5-10,12-15H,3-4,11H2,1-2H3,(H,29,32)(H,30,31)(H2,33,34,35). The van der Waals surface area contributed by atoms with Gasteiger partial charge in [-0.25, -0.2) is 9.97 Å². The third kappa shape index (κ3) is 5.30. The van der Waals surface area contributed by atoms with Gasteiger partial charge >= 0.3 is 7.60 Å². The molecule has 0 unspecified atom stereocenters. The zero-order valence-electron chi connectivity index (χ0n) is 19.9. The van der Waals surface area contributed by atoms with Gasteiger partial charge in [-0.3, -0.25) is 4.57 Å². The Morgan fingerprint density at radius 3 is 2.31 bits per heavy atom. The van der Waals surface area contributed by atoms with E-state index in [1.165, 1.54) is 0 Å². The number of halogens is 1. The quantitative estimate of drug-likeness (QED) is 0.179. The van der Waals surface area contributed by atoms with Crippen LogP contribution in [0.2, 0.25) is 5.02 Å². The van der Waals surface area contributed by atoms with Crippen LogP contribution in [0.5, 0.6) is 0 Å². The fraction of sp³-hybridized carbons (Fsp3) is 0.185. The van der Waals surface area contributed by atoms with Crippen LogP contribution in [0.3, 0.4) is 0 Å². The molecule has 0 radical (unpaired) electrons. The minimum atomic E-state index is -3.97. The first-order valence-corrected chi connectivity index (χ1v) is 13.8. The van der Waals surface area contributed by atoms with Crippen LogP contribution in [-0.4, -0.2) is 35.9 Å². The van der Waals surface area contributed by atoms with Gasteiger partial charge < -0.3 is 19.8 Å². The second-order valence-corrected chi connectivity index (χ2v) is 11.3. The summed E-state index contributed by atoms with van der Waals surface area (Å²) in [6, 6.07) is 17.8. The van der Waals surface area contributed by atoms with E-state index in [1.807, 2.05) is 62.5 Å². The lowest BCUT2D eigenvalue weighted by Crippen LogP contribution is -1.96. The minimum absolute atomic E-state index is 0.102. The van der Waals surface area contributed by atoms with Gasteiger partial charge in [0.05, 0.1) is 29.1 Å². The van der Waals surface area contributed by atoms with E-state index in [2.05, 4.69) is 27.1 Å². The van der Waals surface area contributed by atoms with Crippen molar-refractivity contribution in [3.63, 3.8) is 0 Å². The molecule has 36 heavy (non-hydrogen) atoms. The van der Waals surface area contributed by atoms with Crippen LogP contribution >= 0.6 is 19.2 Å². The largest absolute Gasteiger partial charge is 0.338 e. The van der Waals surface area contributed by atoms with Crippen LogP contribution in [0.1, 0.15) is 23.1 Å². The van der Waals surface area contributed by atoms with Crippen LogP contribution < -0.4 is 0 Å². The molecule has 184 valence electrons. The van der Waals surface area contributed by atoms with E-state index in [-0.39, 0.29) is 6.16 Å². The second kappa shape index (κ2) is 9.68. The van der Waals surface area contributed by atoms with Gasteiger partial charge in [-0.1, -0.05) is 35.9 Å². The summed E-state index contributed by atoms with van der Waals surface area (Å²) in [7, 11) is -3.97. The van der Waals surface area contributed by atoms with Gasteiger partial charge in [0.15, 0.2) is 0 Å². The highest BCUT2D eigenvalue weighted by atomic mass is 35.5. The molecule has 5 rings (SSSR count). The first-order chi connectivity index (χ1) is 17.2. The summed E-state index contributed by atoms with van der Waals surface area (Å²) < 4.78 is 11.1. The molecular weight excluding hydrogens is 495 g/mol. The topological polar surface area (TPSA) is 115 Å². The summed E-state index contributed by atoms with van der Waals surface area (Å²) >= 11 is 6.00. The number of nitrogens with zero attached hydrogens (tertiary/aromatic N) is 2. The fourth-order valence-electron chi connectivity index (χ4n) is 4.58. The lowest BCUT2D eigenvalue weighted by Gasteiger charge is -2.11. The zero-order valence-corrected chi connectivity index (χ0v) is 21.6. The van der Waals surface area contributed by atoms with Crippen molar-refractivity contribution in [2.45, 2.75) is 26.7 Å². The number of H-pyrrole nitrogens is 2. The molecule has 2 aromatic heterocycles. The van der Waals surface area contributed by atoms with Crippen molar-refractivity contribution < 1.29 is 14.4 Å². The predicted molar refractivity (Wildman–Crippen MR) is 144 cm³/mol. The summed E-state index contributed by atoms with van der Waals surface area (Å²) in [6.45, 7) is 4.07. The Morgan fingerprint density at radius 2 is 1.61 bits per heavy atom. The van der Waals surface area contributed by atoms with Crippen LogP contribution in [0.25, 0.3) is 45.1 Å². The number of aromatic nitrogens is 4. The number of rotatable bonds is 7. The Balaban J connectivity index is 1.41. The molecule has 0 saturated heterocycles. The molecule has 4 N–H and O–H groups in total. The number of aryl methyl sites for hydroxylation is 3. The monoisotopic (exact) mass is 520 g/mol. The number of hydrogen-bond acceptors (Lipinski definition) is 3. The molecule has 0 amide bonds. The van der Waals surface area contributed by atoms with Crippen LogP contribution in [0.4, 0.5) is 0 Å². The number of benzene rings is 3. The van der Waals surface area contributed by atoms with Crippen LogP contribution in [0, 0.1) is 13.8 Å². The number of nitrogens with one attached hydrogen (secondary N) is 2. The van der Waals surface area contributed by atoms with Gasteiger partial charge in [-0.05, 0) is 79.3 Å². The highest BCUT2D eigenvalue weighted by Crippen LogP contribution is 2.36. The van der Waals surface area contributed by atoms with Gasteiger partial charge in [0, 0.05) is 16.1 Å². The SMILES string of the molecule is Cc1cc(CCCP(=O)(O)O)cc(C)c1-c1nc2ccc(-c3ncc(-c4ccc(Cl)cc4)[nH]3)cc2[nH]1. The highest BCUT2D eigenvalue weighted by Gasteiger charge is 2.15. The first-order valence-electron chi connectivity index (χ1n) is 11.6. The summed E-state index contributed by atoms with van der Waals surface area (Å²) in [5.41, 5.74) is 8.90. The molecule has 0 atom stereocenters. The van der Waals surface area contributed by atoms with E-state index >= 15 is 0 Å². The molecule has 0 bridgehead atoms. The van der Waals surface area contributed by atoms with Crippen molar-refractivity contribution in [3.8, 4) is 34.0 Å². The second-order valence-electron chi connectivity index (χ2n) is 9.07. The molecule has 9 heteroatoms. The number of aromatic amines is 2. The third-order valence-electron chi connectivity index (χ3n) is 6.23. The predicted octanol–water partition coefficient (Wildman–Crippen LogP) is 6.67. The lowest BCUT2D eigenvalue weighted by atomic mass is 9.97. The van der Waals surface area contributed by atoms with E-state index in [0.29, 0.717) is 17.9 Å². The molecule has 0 fully saturated rings. The van der Waals surface area contributed by atoms with E-state index in [0.717, 1.165) is 61.8 Å². The minimum Gasteiger partial charge on any atom is -0.338 e. The highest BCUT2D eigenvalue weighted by molar-refractivity contribution is 7.51. The Bertz CT molecular complexity index is 1580. The molecule has 0 aliphatic rings. The lowest BCUT2D eigenvalue weighted by molar-refractivity contribution is 0.371. The molecule has 0 spiro atoms. The molecule has 3 aromatic carbocycles. The van der Waals surface area contributed by atoms with E-state index < -0.39 is 7.60 Å². The normalized spacial score (nSPS) is 11.9. The molecule has 7 nitrogen and oxygen atoms in total. The fourth-order valence-corrected chi connectivity index (χ4v) is 5.28. The Kier molecular flexibility index (Phi) is 6.58. The molecule has 0 aliphatic carbocycles. The van der Waals surface area contributed by atoms with Crippen molar-refractivity contribution in [2.75, 3.05) is 6.16 Å². The third-order valence-corrected chi connectivity index (χ3v) is 7.38. The summed E-state index contributed by atoms with van der Waals surface area (Å²) in [4.78, 5) is 34.4. The molecule has 5 aromatic rings. The van der Waals surface area contributed by atoms with Crippen LogP contribution in [-0.2, 0) is 11.0 Å². The number of imidazole rings is 2. The van der Waals surface area contributed by atoms with Gasteiger partial charge in [0.2, 0.25) is 0 Å². The molecule has 2 heterocycles. The van der Waals surface area contributed by atoms with Crippen molar-refractivity contribution in [3.05, 3.63) is 82.5 Å². The molecular formula is C27H26ClN4O3P. The zero-order chi connectivity index (χ0) is 25.4. The van der Waals surface area contributed by atoms with Crippen molar-refractivity contribution >= 4 is 30.2 Å². The number of hydrogen-bond donors (Lipinski definition) is 4. The van der Waals surface area contributed by atoms with E-state index in [9.17, 15) is 4.57 Å². The Labute approximate surface area is 213 Å². The maximum absolute atomic E-state index is 11.1. The smallest absolute Gasteiger partial charge is 0.325 e. The van der Waals surface area contributed by atoms with Crippen molar-refractivity contribution in [1.82, 2.24) is 19.9 Å². The summed E-state index contributed by atoms with van der Waals surface area (Å²) in [6.07, 6.45) is 2.78. The average molecular weight is 521 g/mol. The Hall–Kier alpha value is -3.22. The maximum atomic E-state index is 11.1. The Morgan fingerprint density at radius 1 is 0.917 bits per heavy atom. The van der Waals surface area contributed by atoms with Crippen LogP contribution in [0.15, 0.2) is 60.8 Å². The van der Waals surface area contributed by atoms with E-state index in [1.54, 1.807) is 0 Å². The average Bonchev–Trinajstić information content (AvgIpc) is 3.45. The summed E-state index contributed by atoms with van der Waals surface area (Å²) in [5, 5.41) is 0.694. The summed E-state index contributed by atoms with van der Waals surface area (Å²) in [5.74, 6) is 1.56.